The average Bonchev–Trinajstić information content (AvgIpc) is 2.15. The Bertz CT molecular complexity index is 372. The summed E-state index contributed by atoms with van der Waals surface area (Å²) in [5.74, 6) is 3.91. The first-order valence-electron chi connectivity index (χ1n) is 3.24. The molecule has 0 radical (unpaired) electrons. The zero-order chi connectivity index (χ0) is 10.7. The van der Waals surface area contributed by atoms with E-state index in [1.807, 2.05) is 0 Å². The summed E-state index contributed by atoms with van der Waals surface area (Å²) in [4.78, 5) is 19.0. The summed E-state index contributed by atoms with van der Waals surface area (Å²) in [6.07, 6.45) is 1.18. The molecule has 0 aliphatic heterocycles. The molecule has 0 aliphatic carbocycles. The van der Waals surface area contributed by atoms with Crippen LogP contribution < -0.4 is 11.4 Å². The highest BCUT2D eigenvalue weighted by molar-refractivity contribution is 6.48. The maximum Gasteiger partial charge on any atom is 0.378 e. The van der Waals surface area contributed by atoms with Crippen LogP contribution in [0, 0.1) is 0 Å². The maximum atomic E-state index is 11.1. The van der Waals surface area contributed by atoms with Gasteiger partial charge in [-0.1, -0.05) is 40.4 Å². The number of nitrogens with two attached hydrogens (primary N) is 1. The molecule has 0 spiro atoms. The lowest BCUT2D eigenvalue weighted by Crippen LogP contribution is -2.26. The van der Waals surface area contributed by atoms with E-state index in [-0.39, 0.29) is 20.8 Å². The van der Waals surface area contributed by atoms with Crippen molar-refractivity contribution in [3.63, 3.8) is 0 Å². The number of rotatable bonds is 2. The van der Waals surface area contributed by atoms with E-state index in [4.69, 9.17) is 40.6 Å². The van der Waals surface area contributed by atoms with Gasteiger partial charge in [-0.3, -0.25) is 0 Å². The Morgan fingerprint density at radius 3 is 2.64 bits per heavy atom. The second-order valence-electron chi connectivity index (χ2n) is 2.09. The average molecular weight is 256 g/mol. The molecule has 1 heterocycles. The van der Waals surface area contributed by atoms with Crippen LogP contribution >= 0.6 is 34.8 Å². The molecule has 0 bridgehead atoms. The van der Waals surface area contributed by atoms with E-state index in [2.05, 4.69) is 9.82 Å². The zero-order valence-corrected chi connectivity index (χ0v) is 8.82. The first-order chi connectivity index (χ1) is 6.57. The lowest BCUT2D eigenvalue weighted by Gasteiger charge is -2.04. The summed E-state index contributed by atoms with van der Waals surface area (Å²) < 4.78 is 0. The Morgan fingerprint density at radius 2 is 2.07 bits per heavy atom. The van der Waals surface area contributed by atoms with E-state index in [1.165, 1.54) is 6.20 Å². The first kappa shape index (κ1) is 11.5. The number of halogens is 3. The van der Waals surface area contributed by atoms with Gasteiger partial charge in [-0.2, -0.15) is 0 Å². The third-order valence-corrected chi connectivity index (χ3v) is 2.50. The molecule has 0 amide bonds. The Balaban J connectivity index is 3.11. The van der Waals surface area contributed by atoms with Gasteiger partial charge in [0.15, 0.2) is 5.69 Å². The van der Waals surface area contributed by atoms with Gasteiger partial charge in [0.1, 0.15) is 0 Å². The van der Waals surface area contributed by atoms with Crippen molar-refractivity contribution >= 4 is 40.8 Å². The Labute approximate surface area is 94.0 Å². The normalized spacial score (nSPS) is 10.0. The van der Waals surface area contributed by atoms with Crippen LogP contribution in [0.2, 0.25) is 15.1 Å². The van der Waals surface area contributed by atoms with Crippen LogP contribution in [-0.2, 0) is 4.84 Å². The van der Waals surface area contributed by atoms with Gasteiger partial charge in [0, 0.05) is 6.20 Å². The molecule has 0 saturated heterocycles. The van der Waals surface area contributed by atoms with E-state index < -0.39 is 5.97 Å². The molecule has 3 N–H and O–H groups in total. The minimum Gasteiger partial charge on any atom is -0.350 e. The van der Waals surface area contributed by atoms with Crippen molar-refractivity contribution in [3.8, 4) is 0 Å². The number of hydrazine groups is 1. The second kappa shape index (κ2) is 4.77. The molecule has 14 heavy (non-hydrogen) atoms. The molecule has 0 atom stereocenters. The minimum absolute atomic E-state index is 0.0345. The fourth-order valence-corrected chi connectivity index (χ4v) is 1.25. The lowest BCUT2D eigenvalue weighted by atomic mass is 10.3. The van der Waals surface area contributed by atoms with Crippen LogP contribution in [0.4, 0.5) is 0 Å². The number of carbonyl (C=O) groups excluding carboxylic acids is 1. The topological polar surface area (TPSA) is 77.2 Å². The molecule has 1 aromatic rings. The van der Waals surface area contributed by atoms with Gasteiger partial charge in [0.05, 0.1) is 15.1 Å². The van der Waals surface area contributed by atoms with Crippen LogP contribution in [0.25, 0.3) is 0 Å². The van der Waals surface area contributed by atoms with E-state index >= 15 is 0 Å². The molecule has 0 aliphatic rings. The van der Waals surface area contributed by atoms with Gasteiger partial charge in [0.2, 0.25) is 0 Å². The van der Waals surface area contributed by atoms with Gasteiger partial charge in [-0.15, -0.1) is 0 Å². The van der Waals surface area contributed by atoms with Crippen molar-refractivity contribution in [1.82, 2.24) is 10.6 Å². The molecule has 1 rings (SSSR count). The van der Waals surface area contributed by atoms with Gasteiger partial charge in [-0.05, 0) is 0 Å². The Kier molecular flexibility index (Phi) is 3.91. The van der Waals surface area contributed by atoms with Crippen LogP contribution in [0.3, 0.4) is 0 Å². The molecule has 0 unspecified atom stereocenters. The van der Waals surface area contributed by atoms with Crippen molar-refractivity contribution < 1.29 is 9.63 Å². The fourth-order valence-electron chi connectivity index (χ4n) is 0.688. The molecule has 76 valence electrons. The second-order valence-corrected chi connectivity index (χ2v) is 3.25. The van der Waals surface area contributed by atoms with Crippen molar-refractivity contribution in [2.45, 2.75) is 0 Å². The Morgan fingerprint density at radius 1 is 1.43 bits per heavy atom. The highest BCUT2D eigenvalue weighted by Gasteiger charge is 2.18. The van der Waals surface area contributed by atoms with Crippen LogP contribution in [-0.4, -0.2) is 11.0 Å². The standard InChI is InChI=1S/C6H4Cl3N3O2/c7-2-1-11-5(4(9)3(2)8)6(13)14-12-10/h1,12H,10H2. The smallest absolute Gasteiger partial charge is 0.350 e. The van der Waals surface area contributed by atoms with Gasteiger partial charge in [0.25, 0.3) is 0 Å². The number of carbonyl (C=O) groups is 1. The number of nitrogens with zero attached hydrogens (tertiary/aromatic N) is 1. The highest BCUT2D eigenvalue weighted by atomic mass is 35.5. The summed E-state index contributed by atoms with van der Waals surface area (Å²) in [6, 6.07) is 0. The molecule has 1 aromatic heterocycles. The number of aromatic nitrogens is 1. The number of hydrogen-bond donors (Lipinski definition) is 2. The van der Waals surface area contributed by atoms with Crippen molar-refractivity contribution in [3.05, 3.63) is 27.0 Å². The summed E-state index contributed by atoms with van der Waals surface area (Å²) in [6.45, 7) is 0. The minimum atomic E-state index is -0.851. The predicted molar refractivity (Wildman–Crippen MR) is 52.0 cm³/mol. The van der Waals surface area contributed by atoms with Crippen molar-refractivity contribution in [2.75, 3.05) is 0 Å². The van der Waals surface area contributed by atoms with Crippen LogP contribution in [0.15, 0.2) is 6.20 Å². The SMILES string of the molecule is NNOC(=O)c1ncc(Cl)c(Cl)c1Cl. The molecule has 0 aromatic carbocycles. The van der Waals surface area contributed by atoms with E-state index in [9.17, 15) is 4.79 Å². The predicted octanol–water partition coefficient (Wildman–Crippen LogP) is 1.58. The molecular formula is C6H4Cl3N3O2. The summed E-state index contributed by atoms with van der Waals surface area (Å²) in [7, 11) is 0. The van der Waals surface area contributed by atoms with E-state index in [0.29, 0.717) is 0 Å². The molecule has 5 nitrogen and oxygen atoms in total. The zero-order valence-electron chi connectivity index (χ0n) is 6.55. The van der Waals surface area contributed by atoms with Crippen LogP contribution in [0.1, 0.15) is 10.5 Å². The largest absolute Gasteiger partial charge is 0.378 e. The van der Waals surface area contributed by atoms with Gasteiger partial charge in [-0.25, -0.2) is 15.6 Å². The monoisotopic (exact) mass is 255 g/mol. The Hall–Kier alpha value is -0.590. The number of nitrogens with one attached hydrogen (secondary N) is 1. The first-order valence-corrected chi connectivity index (χ1v) is 4.37. The van der Waals surface area contributed by atoms with Gasteiger partial charge >= 0.3 is 5.97 Å². The lowest BCUT2D eigenvalue weighted by molar-refractivity contribution is 0.0247. The third kappa shape index (κ3) is 2.26. The van der Waals surface area contributed by atoms with Gasteiger partial charge < -0.3 is 4.84 Å². The van der Waals surface area contributed by atoms with E-state index in [1.54, 1.807) is 5.59 Å². The molecule has 0 fully saturated rings. The van der Waals surface area contributed by atoms with Crippen LogP contribution in [0.5, 0.6) is 0 Å². The summed E-state index contributed by atoms with van der Waals surface area (Å²) in [5.41, 5.74) is 1.54. The summed E-state index contributed by atoms with van der Waals surface area (Å²) in [5, 5.41) is 0.0978. The highest BCUT2D eigenvalue weighted by Crippen LogP contribution is 2.31. The van der Waals surface area contributed by atoms with Crippen molar-refractivity contribution in [1.29, 1.82) is 0 Å². The molecule has 8 heteroatoms. The quantitative estimate of drug-likeness (QED) is 0.620. The maximum absolute atomic E-state index is 11.1. The number of hydrogen-bond acceptors (Lipinski definition) is 5. The summed E-state index contributed by atoms with van der Waals surface area (Å²) >= 11 is 16.9. The number of pyridine rings is 1. The molecule has 0 saturated carbocycles. The third-order valence-electron chi connectivity index (χ3n) is 1.26. The van der Waals surface area contributed by atoms with E-state index in [0.717, 1.165) is 0 Å². The van der Waals surface area contributed by atoms with Crippen molar-refractivity contribution in [2.24, 2.45) is 5.84 Å². The fraction of sp³-hybridized carbons (Fsp3) is 0. The molecular weight excluding hydrogens is 252 g/mol.